The van der Waals surface area contributed by atoms with Crippen LogP contribution in [-0.2, 0) is 13.1 Å². The largest absolute Gasteiger partial charge is 0.308 e. The van der Waals surface area contributed by atoms with Crippen LogP contribution in [0.2, 0.25) is 5.02 Å². The van der Waals surface area contributed by atoms with Crippen molar-refractivity contribution in [1.29, 1.82) is 0 Å². The molecule has 0 amide bonds. The molecule has 0 unspecified atom stereocenters. The molecule has 102 valence electrons. The Morgan fingerprint density at radius 3 is 2.90 bits per heavy atom. The van der Waals surface area contributed by atoms with Crippen LogP contribution in [0.25, 0.3) is 10.9 Å². The van der Waals surface area contributed by atoms with Gasteiger partial charge in [0.1, 0.15) is 0 Å². The second kappa shape index (κ2) is 6.22. The van der Waals surface area contributed by atoms with Crippen LogP contribution in [0.4, 0.5) is 0 Å². The van der Waals surface area contributed by atoms with Crippen molar-refractivity contribution < 1.29 is 0 Å². The lowest BCUT2D eigenvalue weighted by Crippen LogP contribution is -2.12. The number of aromatic nitrogens is 1. The summed E-state index contributed by atoms with van der Waals surface area (Å²) in [5.41, 5.74) is 2.13. The minimum atomic E-state index is 0.748. The Bertz CT molecular complexity index is 742. The molecular formula is C15H12BrClN2S. The van der Waals surface area contributed by atoms with E-state index < -0.39 is 0 Å². The second-order valence-electron chi connectivity index (χ2n) is 4.40. The minimum absolute atomic E-state index is 0.748. The van der Waals surface area contributed by atoms with Crippen molar-refractivity contribution in [2.75, 3.05) is 0 Å². The summed E-state index contributed by atoms with van der Waals surface area (Å²) >= 11 is 11.5. The number of halogens is 2. The zero-order valence-electron chi connectivity index (χ0n) is 10.6. The molecule has 0 spiro atoms. The fourth-order valence-electron chi connectivity index (χ4n) is 2.10. The molecule has 1 aromatic carbocycles. The average molecular weight is 368 g/mol. The molecule has 1 N–H and O–H groups in total. The molecule has 0 saturated carbocycles. The van der Waals surface area contributed by atoms with Gasteiger partial charge in [0.2, 0.25) is 0 Å². The first kappa shape index (κ1) is 14.0. The summed E-state index contributed by atoms with van der Waals surface area (Å²) in [4.78, 5) is 5.75. The predicted octanol–water partition coefficient (Wildman–Crippen LogP) is 5.00. The van der Waals surface area contributed by atoms with Crippen molar-refractivity contribution in [3.05, 3.63) is 61.8 Å². The Hall–Kier alpha value is -0.940. The fraction of sp³-hybridized carbons (Fsp3) is 0.133. The monoisotopic (exact) mass is 366 g/mol. The zero-order valence-corrected chi connectivity index (χ0v) is 13.7. The lowest BCUT2D eigenvalue weighted by molar-refractivity contribution is 0.702. The molecule has 20 heavy (non-hydrogen) atoms. The van der Waals surface area contributed by atoms with E-state index in [0.29, 0.717) is 0 Å². The van der Waals surface area contributed by atoms with Crippen LogP contribution in [0.15, 0.2) is 46.4 Å². The van der Waals surface area contributed by atoms with Crippen LogP contribution in [0.3, 0.4) is 0 Å². The van der Waals surface area contributed by atoms with Gasteiger partial charge in [0.15, 0.2) is 0 Å². The third-order valence-corrected chi connectivity index (χ3v) is 5.35. The molecule has 0 bridgehead atoms. The van der Waals surface area contributed by atoms with Gasteiger partial charge in [0.05, 0.1) is 5.52 Å². The van der Waals surface area contributed by atoms with Crippen molar-refractivity contribution in [2.24, 2.45) is 0 Å². The van der Waals surface area contributed by atoms with E-state index >= 15 is 0 Å². The molecule has 0 aliphatic carbocycles. The number of nitrogens with one attached hydrogen (secondary N) is 1. The van der Waals surface area contributed by atoms with E-state index in [1.165, 1.54) is 4.88 Å². The summed E-state index contributed by atoms with van der Waals surface area (Å²) in [6, 6.07) is 9.96. The van der Waals surface area contributed by atoms with E-state index in [9.17, 15) is 0 Å². The molecule has 5 heteroatoms. The maximum Gasteiger partial charge on any atom is 0.0761 e. The number of fused-ring (bicyclic) bond motifs is 1. The standard InChI is InChI=1S/C15H12BrClN2S/c16-12-5-7-20-14(12)9-18-8-10-3-4-13(17)11-2-1-6-19-15(10)11/h1-7,18H,8-9H2. The summed E-state index contributed by atoms with van der Waals surface area (Å²) in [7, 11) is 0. The average Bonchev–Trinajstić information content (AvgIpc) is 2.87. The van der Waals surface area contributed by atoms with Gasteiger partial charge in [0, 0.05) is 39.0 Å². The van der Waals surface area contributed by atoms with Gasteiger partial charge in [-0.15, -0.1) is 11.3 Å². The van der Waals surface area contributed by atoms with Crippen molar-refractivity contribution in [3.8, 4) is 0 Å². The molecule has 2 nitrogen and oxygen atoms in total. The predicted molar refractivity (Wildman–Crippen MR) is 89.3 cm³/mol. The quantitative estimate of drug-likeness (QED) is 0.701. The van der Waals surface area contributed by atoms with Gasteiger partial charge in [-0.05, 0) is 51.1 Å². The Morgan fingerprint density at radius 2 is 2.10 bits per heavy atom. The third kappa shape index (κ3) is 2.88. The normalized spacial score (nSPS) is 11.1. The van der Waals surface area contributed by atoms with Crippen LogP contribution in [0.5, 0.6) is 0 Å². The molecule has 0 atom stereocenters. The number of thiophene rings is 1. The van der Waals surface area contributed by atoms with Gasteiger partial charge in [-0.25, -0.2) is 0 Å². The van der Waals surface area contributed by atoms with Crippen LogP contribution in [0.1, 0.15) is 10.4 Å². The number of benzene rings is 1. The van der Waals surface area contributed by atoms with E-state index in [1.807, 2.05) is 24.3 Å². The third-order valence-electron chi connectivity index (χ3n) is 3.09. The lowest BCUT2D eigenvalue weighted by atomic mass is 10.1. The molecule has 2 aromatic heterocycles. The first-order valence-electron chi connectivity index (χ1n) is 6.20. The van der Waals surface area contributed by atoms with Gasteiger partial charge in [0.25, 0.3) is 0 Å². The summed E-state index contributed by atoms with van der Waals surface area (Å²) in [6.45, 7) is 1.62. The molecule has 0 radical (unpaired) electrons. The number of hydrogen-bond acceptors (Lipinski definition) is 3. The van der Waals surface area contributed by atoms with Crippen molar-refractivity contribution in [1.82, 2.24) is 10.3 Å². The highest BCUT2D eigenvalue weighted by atomic mass is 79.9. The van der Waals surface area contributed by atoms with Crippen LogP contribution < -0.4 is 5.32 Å². The van der Waals surface area contributed by atoms with E-state index in [4.69, 9.17) is 11.6 Å². The van der Waals surface area contributed by atoms with Gasteiger partial charge in [-0.1, -0.05) is 17.7 Å². The topological polar surface area (TPSA) is 24.9 Å². The Balaban J connectivity index is 1.78. The molecule has 0 aliphatic rings. The number of pyridine rings is 1. The molecule has 0 aliphatic heterocycles. The van der Waals surface area contributed by atoms with E-state index in [-0.39, 0.29) is 0 Å². The van der Waals surface area contributed by atoms with Gasteiger partial charge < -0.3 is 5.32 Å². The maximum atomic E-state index is 6.20. The highest BCUT2D eigenvalue weighted by molar-refractivity contribution is 9.10. The summed E-state index contributed by atoms with van der Waals surface area (Å²) in [5.74, 6) is 0. The van der Waals surface area contributed by atoms with E-state index in [1.54, 1.807) is 17.5 Å². The molecule has 0 saturated heterocycles. The number of hydrogen-bond donors (Lipinski definition) is 1. The number of rotatable bonds is 4. The second-order valence-corrected chi connectivity index (χ2v) is 6.66. The summed E-state index contributed by atoms with van der Waals surface area (Å²) in [6.07, 6.45) is 1.80. The van der Waals surface area contributed by atoms with E-state index in [2.05, 4.69) is 37.7 Å². The molecule has 3 aromatic rings. The first-order chi connectivity index (χ1) is 9.75. The van der Waals surface area contributed by atoms with Gasteiger partial charge in [-0.3, -0.25) is 4.98 Å². The fourth-order valence-corrected chi connectivity index (χ4v) is 3.78. The van der Waals surface area contributed by atoms with E-state index in [0.717, 1.165) is 39.1 Å². The highest BCUT2D eigenvalue weighted by Gasteiger charge is 2.06. The van der Waals surface area contributed by atoms with Gasteiger partial charge >= 0.3 is 0 Å². The summed E-state index contributed by atoms with van der Waals surface area (Å²) < 4.78 is 1.16. The van der Waals surface area contributed by atoms with Crippen molar-refractivity contribution in [3.63, 3.8) is 0 Å². The number of nitrogens with zero attached hydrogens (tertiary/aromatic N) is 1. The Labute approximate surface area is 134 Å². The molecule has 3 rings (SSSR count). The summed E-state index contributed by atoms with van der Waals surface area (Å²) in [5, 5.41) is 7.29. The Morgan fingerprint density at radius 1 is 1.20 bits per heavy atom. The Kier molecular flexibility index (Phi) is 4.36. The minimum Gasteiger partial charge on any atom is -0.308 e. The van der Waals surface area contributed by atoms with Gasteiger partial charge in [-0.2, -0.15) is 0 Å². The van der Waals surface area contributed by atoms with Crippen LogP contribution in [0, 0.1) is 0 Å². The highest BCUT2D eigenvalue weighted by Crippen LogP contribution is 2.25. The van der Waals surface area contributed by atoms with Crippen molar-refractivity contribution in [2.45, 2.75) is 13.1 Å². The SMILES string of the molecule is Clc1ccc(CNCc2sccc2Br)c2ncccc12. The van der Waals surface area contributed by atoms with Crippen LogP contribution in [-0.4, -0.2) is 4.98 Å². The smallest absolute Gasteiger partial charge is 0.0761 e. The molecular weight excluding hydrogens is 356 g/mol. The zero-order chi connectivity index (χ0) is 13.9. The van der Waals surface area contributed by atoms with Crippen molar-refractivity contribution >= 4 is 49.8 Å². The maximum absolute atomic E-state index is 6.20. The first-order valence-corrected chi connectivity index (χ1v) is 8.25. The van der Waals surface area contributed by atoms with Crippen LogP contribution >= 0.6 is 38.9 Å². The molecule has 2 heterocycles. The molecule has 0 fully saturated rings. The lowest BCUT2D eigenvalue weighted by Gasteiger charge is -2.08.